The van der Waals surface area contributed by atoms with E-state index < -0.39 is 0 Å². The van der Waals surface area contributed by atoms with Crippen molar-refractivity contribution in [2.45, 2.75) is 38.1 Å². The molecule has 0 aliphatic heterocycles. The number of hydrogen-bond donors (Lipinski definition) is 2. The minimum Gasteiger partial charge on any atom is -0.366 e. The van der Waals surface area contributed by atoms with Crippen LogP contribution in [0.15, 0.2) is 10.9 Å². The SMILES string of the molecule is CCC(CSC)Nc1cc(=O)[nH]c(C2CC2)n1. The largest absolute Gasteiger partial charge is 0.366 e. The van der Waals surface area contributed by atoms with Crippen molar-refractivity contribution in [1.29, 1.82) is 0 Å². The fourth-order valence-electron chi connectivity index (χ4n) is 1.77. The highest BCUT2D eigenvalue weighted by atomic mass is 32.2. The molecule has 17 heavy (non-hydrogen) atoms. The van der Waals surface area contributed by atoms with Crippen LogP contribution in [0.5, 0.6) is 0 Å². The number of anilines is 1. The van der Waals surface area contributed by atoms with Crippen LogP contribution in [0, 0.1) is 0 Å². The van der Waals surface area contributed by atoms with Crippen molar-refractivity contribution in [1.82, 2.24) is 9.97 Å². The Hall–Kier alpha value is -0.970. The van der Waals surface area contributed by atoms with Gasteiger partial charge in [0.05, 0.1) is 0 Å². The molecule has 1 fully saturated rings. The van der Waals surface area contributed by atoms with E-state index in [0.717, 1.165) is 36.7 Å². The average molecular weight is 253 g/mol. The maximum atomic E-state index is 11.5. The van der Waals surface area contributed by atoms with Gasteiger partial charge in [0.25, 0.3) is 5.56 Å². The van der Waals surface area contributed by atoms with Gasteiger partial charge in [-0.05, 0) is 25.5 Å². The second kappa shape index (κ2) is 5.58. The van der Waals surface area contributed by atoms with Gasteiger partial charge < -0.3 is 10.3 Å². The first-order chi connectivity index (χ1) is 8.22. The standard InChI is InChI=1S/C12H19N3OS/c1-3-9(7-17-2)13-10-6-11(16)15-12(14-10)8-4-5-8/h6,8-9H,3-5,7H2,1-2H3,(H2,13,14,15,16). The zero-order valence-corrected chi connectivity index (χ0v) is 11.1. The summed E-state index contributed by atoms with van der Waals surface area (Å²) in [7, 11) is 0. The Labute approximate surface area is 106 Å². The molecule has 1 aliphatic rings. The van der Waals surface area contributed by atoms with Crippen LogP contribution in [0.1, 0.15) is 37.9 Å². The molecule has 0 bridgehead atoms. The van der Waals surface area contributed by atoms with Gasteiger partial charge in [-0.2, -0.15) is 11.8 Å². The molecule has 1 unspecified atom stereocenters. The summed E-state index contributed by atoms with van der Waals surface area (Å²) in [4.78, 5) is 18.8. The van der Waals surface area contributed by atoms with Gasteiger partial charge in [0.15, 0.2) is 0 Å². The molecule has 1 aromatic rings. The molecule has 1 heterocycles. The molecular weight excluding hydrogens is 234 g/mol. The van der Waals surface area contributed by atoms with Gasteiger partial charge in [-0.3, -0.25) is 4.79 Å². The molecule has 4 nitrogen and oxygen atoms in total. The molecule has 2 N–H and O–H groups in total. The predicted octanol–water partition coefficient (Wildman–Crippen LogP) is 2.20. The summed E-state index contributed by atoms with van der Waals surface area (Å²) in [6, 6.07) is 1.93. The van der Waals surface area contributed by atoms with Crippen molar-refractivity contribution in [3.8, 4) is 0 Å². The Bertz CT molecular complexity index is 428. The maximum absolute atomic E-state index is 11.5. The van der Waals surface area contributed by atoms with Crippen LogP contribution >= 0.6 is 11.8 Å². The molecule has 1 saturated carbocycles. The minimum absolute atomic E-state index is 0.0524. The van der Waals surface area contributed by atoms with Crippen LogP contribution in [-0.2, 0) is 0 Å². The number of aromatic nitrogens is 2. The van der Waals surface area contributed by atoms with E-state index in [1.54, 1.807) is 17.8 Å². The van der Waals surface area contributed by atoms with E-state index in [2.05, 4.69) is 28.5 Å². The van der Waals surface area contributed by atoms with Crippen molar-refractivity contribution in [3.05, 3.63) is 22.2 Å². The summed E-state index contributed by atoms with van der Waals surface area (Å²) >= 11 is 1.80. The quantitative estimate of drug-likeness (QED) is 0.816. The number of aromatic amines is 1. The highest BCUT2D eigenvalue weighted by Crippen LogP contribution is 2.37. The topological polar surface area (TPSA) is 57.8 Å². The van der Waals surface area contributed by atoms with Crippen LogP contribution in [0.3, 0.4) is 0 Å². The second-order valence-electron chi connectivity index (χ2n) is 4.49. The van der Waals surface area contributed by atoms with Crippen LogP contribution in [0.25, 0.3) is 0 Å². The van der Waals surface area contributed by atoms with Crippen LogP contribution in [0.2, 0.25) is 0 Å². The first kappa shape index (κ1) is 12.5. The van der Waals surface area contributed by atoms with Gasteiger partial charge in [-0.15, -0.1) is 0 Å². The number of thioether (sulfide) groups is 1. The maximum Gasteiger partial charge on any atom is 0.252 e. The third-order valence-corrected chi connectivity index (χ3v) is 3.67. The Morgan fingerprint density at radius 2 is 2.41 bits per heavy atom. The lowest BCUT2D eigenvalue weighted by Gasteiger charge is -2.16. The molecule has 0 amide bonds. The lowest BCUT2D eigenvalue weighted by Crippen LogP contribution is -2.23. The average Bonchev–Trinajstić information content (AvgIpc) is 3.11. The van der Waals surface area contributed by atoms with Crippen LogP contribution < -0.4 is 10.9 Å². The Morgan fingerprint density at radius 3 is 3.00 bits per heavy atom. The normalized spacial score (nSPS) is 16.8. The van der Waals surface area contributed by atoms with Crippen molar-refractivity contribution < 1.29 is 0 Å². The first-order valence-electron chi connectivity index (χ1n) is 6.09. The summed E-state index contributed by atoms with van der Waals surface area (Å²) in [6.45, 7) is 2.14. The van der Waals surface area contributed by atoms with Gasteiger partial charge >= 0.3 is 0 Å². The molecule has 2 rings (SSSR count). The van der Waals surface area contributed by atoms with E-state index in [1.807, 2.05) is 0 Å². The number of rotatable bonds is 6. The molecule has 0 radical (unpaired) electrons. The summed E-state index contributed by atoms with van der Waals surface area (Å²) in [5, 5.41) is 3.34. The van der Waals surface area contributed by atoms with Gasteiger partial charge in [-0.1, -0.05) is 6.92 Å². The molecule has 0 aromatic carbocycles. The number of nitrogens with one attached hydrogen (secondary N) is 2. The lowest BCUT2D eigenvalue weighted by molar-refractivity contribution is 0.764. The van der Waals surface area contributed by atoms with E-state index in [4.69, 9.17) is 0 Å². The lowest BCUT2D eigenvalue weighted by atomic mass is 10.2. The van der Waals surface area contributed by atoms with E-state index in [0.29, 0.717) is 12.0 Å². The third-order valence-electron chi connectivity index (χ3n) is 2.94. The van der Waals surface area contributed by atoms with Crippen molar-refractivity contribution in [2.75, 3.05) is 17.3 Å². The van der Waals surface area contributed by atoms with E-state index in [1.165, 1.54) is 0 Å². The Balaban J connectivity index is 2.11. The highest BCUT2D eigenvalue weighted by molar-refractivity contribution is 7.98. The van der Waals surface area contributed by atoms with Gasteiger partial charge in [0.1, 0.15) is 11.6 Å². The third kappa shape index (κ3) is 3.49. The Kier molecular flexibility index (Phi) is 4.10. The predicted molar refractivity (Wildman–Crippen MR) is 72.9 cm³/mol. The van der Waals surface area contributed by atoms with Gasteiger partial charge in [0, 0.05) is 23.8 Å². The van der Waals surface area contributed by atoms with E-state index in [9.17, 15) is 4.79 Å². The van der Waals surface area contributed by atoms with Crippen LogP contribution in [0.4, 0.5) is 5.82 Å². The number of hydrogen-bond acceptors (Lipinski definition) is 4. The van der Waals surface area contributed by atoms with Gasteiger partial charge in [-0.25, -0.2) is 4.98 Å². The summed E-state index contributed by atoms with van der Waals surface area (Å²) in [5.41, 5.74) is -0.0524. The molecule has 0 spiro atoms. The number of H-pyrrole nitrogens is 1. The zero-order valence-electron chi connectivity index (χ0n) is 10.3. The second-order valence-corrected chi connectivity index (χ2v) is 5.41. The van der Waals surface area contributed by atoms with Crippen LogP contribution in [-0.4, -0.2) is 28.0 Å². The van der Waals surface area contributed by atoms with Crippen molar-refractivity contribution in [3.63, 3.8) is 0 Å². The molecule has 94 valence electrons. The zero-order chi connectivity index (χ0) is 12.3. The minimum atomic E-state index is -0.0524. The van der Waals surface area contributed by atoms with Crippen molar-refractivity contribution in [2.24, 2.45) is 0 Å². The Morgan fingerprint density at radius 1 is 1.65 bits per heavy atom. The fourth-order valence-corrected chi connectivity index (χ4v) is 2.49. The molecule has 0 saturated heterocycles. The van der Waals surface area contributed by atoms with E-state index in [-0.39, 0.29) is 5.56 Å². The summed E-state index contributed by atoms with van der Waals surface area (Å²) in [6.07, 6.45) is 5.42. The fraction of sp³-hybridized carbons (Fsp3) is 0.667. The molecule has 1 aliphatic carbocycles. The smallest absolute Gasteiger partial charge is 0.252 e. The van der Waals surface area contributed by atoms with Crippen molar-refractivity contribution >= 4 is 17.6 Å². The first-order valence-corrected chi connectivity index (χ1v) is 7.49. The summed E-state index contributed by atoms with van der Waals surface area (Å²) < 4.78 is 0. The van der Waals surface area contributed by atoms with Gasteiger partial charge in [0.2, 0.25) is 0 Å². The summed E-state index contributed by atoms with van der Waals surface area (Å²) in [5.74, 6) is 3.07. The molecule has 1 atom stereocenters. The highest BCUT2D eigenvalue weighted by Gasteiger charge is 2.26. The molecule has 5 heteroatoms. The monoisotopic (exact) mass is 253 g/mol. The molecular formula is C12H19N3OS. The molecule has 1 aromatic heterocycles. The number of nitrogens with zero attached hydrogens (tertiary/aromatic N) is 1. The van der Waals surface area contributed by atoms with E-state index >= 15 is 0 Å².